The molecule has 0 amide bonds. The van der Waals surface area contributed by atoms with E-state index in [0.717, 1.165) is 6.54 Å². The first-order valence-electron chi connectivity index (χ1n) is 6.65. The van der Waals surface area contributed by atoms with Gasteiger partial charge in [-0.1, -0.05) is 11.2 Å². The zero-order valence-corrected chi connectivity index (χ0v) is 11.3. The van der Waals surface area contributed by atoms with Crippen LogP contribution in [0.4, 0.5) is 0 Å². The lowest BCUT2D eigenvalue weighted by Crippen LogP contribution is -2.54. The van der Waals surface area contributed by atoms with Gasteiger partial charge in [0.1, 0.15) is 11.7 Å². The second-order valence-corrected chi connectivity index (χ2v) is 4.76. The number of nitrogens with zero attached hydrogens (tertiary/aromatic N) is 4. The number of aliphatic carboxylic acids is 1. The van der Waals surface area contributed by atoms with Crippen LogP contribution < -0.4 is 5.32 Å². The van der Waals surface area contributed by atoms with Crippen LogP contribution in [0.15, 0.2) is 28.9 Å². The van der Waals surface area contributed by atoms with Crippen LogP contribution in [0.3, 0.4) is 0 Å². The third-order valence-corrected chi connectivity index (χ3v) is 3.34. The molecular weight excluding hydrogens is 274 g/mol. The van der Waals surface area contributed by atoms with E-state index in [4.69, 9.17) is 4.52 Å². The van der Waals surface area contributed by atoms with Gasteiger partial charge < -0.3 is 14.9 Å². The van der Waals surface area contributed by atoms with E-state index in [-0.39, 0.29) is 0 Å². The summed E-state index contributed by atoms with van der Waals surface area (Å²) in [7, 11) is 0. The summed E-state index contributed by atoms with van der Waals surface area (Å²) in [5.41, 5.74) is 0.627. The summed E-state index contributed by atoms with van der Waals surface area (Å²) in [6.07, 6.45) is 1.65. The van der Waals surface area contributed by atoms with Gasteiger partial charge >= 0.3 is 5.97 Å². The Kier molecular flexibility index (Phi) is 3.89. The number of carboxylic acids is 1. The molecule has 1 unspecified atom stereocenters. The molecule has 8 heteroatoms. The van der Waals surface area contributed by atoms with Crippen molar-refractivity contribution in [3.05, 3.63) is 30.3 Å². The van der Waals surface area contributed by atoms with Crippen LogP contribution in [0.25, 0.3) is 11.5 Å². The SMILES string of the molecule is O=C(O)C1CNCCN1Cc1nc(-c2ccccn2)no1. The number of carboxylic acid groups (broad SMARTS) is 1. The lowest BCUT2D eigenvalue weighted by Gasteiger charge is -2.32. The van der Waals surface area contributed by atoms with Gasteiger partial charge in [-0.15, -0.1) is 0 Å². The third-order valence-electron chi connectivity index (χ3n) is 3.34. The summed E-state index contributed by atoms with van der Waals surface area (Å²) >= 11 is 0. The summed E-state index contributed by atoms with van der Waals surface area (Å²) in [4.78, 5) is 21.5. The molecule has 0 aliphatic carbocycles. The molecule has 1 fully saturated rings. The van der Waals surface area contributed by atoms with Gasteiger partial charge in [0.25, 0.3) is 0 Å². The van der Waals surface area contributed by atoms with E-state index in [1.165, 1.54) is 0 Å². The van der Waals surface area contributed by atoms with Crippen LogP contribution in [-0.4, -0.2) is 56.8 Å². The first-order valence-corrected chi connectivity index (χ1v) is 6.65. The normalized spacial score (nSPS) is 19.5. The summed E-state index contributed by atoms with van der Waals surface area (Å²) in [5.74, 6) is -0.0527. The molecule has 2 N–H and O–H groups in total. The Labute approximate surface area is 120 Å². The summed E-state index contributed by atoms with van der Waals surface area (Å²) in [6.45, 7) is 2.10. The first kappa shape index (κ1) is 13.7. The van der Waals surface area contributed by atoms with Crippen molar-refractivity contribution in [1.82, 2.24) is 25.3 Å². The van der Waals surface area contributed by atoms with Crippen molar-refractivity contribution in [2.75, 3.05) is 19.6 Å². The van der Waals surface area contributed by atoms with Crippen LogP contribution in [0.2, 0.25) is 0 Å². The van der Waals surface area contributed by atoms with Crippen molar-refractivity contribution in [3.8, 4) is 11.5 Å². The van der Waals surface area contributed by atoms with Gasteiger partial charge in [0.05, 0.1) is 6.54 Å². The molecule has 1 aliphatic heterocycles. The smallest absolute Gasteiger partial charge is 0.322 e. The van der Waals surface area contributed by atoms with Gasteiger partial charge in [0.15, 0.2) is 0 Å². The number of carbonyl (C=O) groups is 1. The predicted molar refractivity (Wildman–Crippen MR) is 72.2 cm³/mol. The number of rotatable bonds is 4. The third kappa shape index (κ3) is 3.06. The fourth-order valence-electron chi connectivity index (χ4n) is 2.27. The fourth-order valence-corrected chi connectivity index (χ4v) is 2.27. The molecule has 1 saturated heterocycles. The molecule has 2 aromatic rings. The van der Waals surface area contributed by atoms with Crippen LogP contribution in [0.5, 0.6) is 0 Å². The fraction of sp³-hybridized carbons (Fsp3) is 0.385. The van der Waals surface area contributed by atoms with Crippen molar-refractivity contribution < 1.29 is 14.4 Å². The molecule has 0 aromatic carbocycles. The summed E-state index contributed by atoms with van der Waals surface area (Å²) in [6, 6.07) is 4.86. The van der Waals surface area contributed by atoms with E-state index in [1.54, 1.807) is 12.3 Å². The number of pyridine rings is 1. The van der Waals surface area contributed by atoms with Crippen molar-refractivity contribution >= 4 is 5.97 Å². The molecule has 1 aliphatic rings. The van der Waals surface area contributed by atoms with Crippen LogP contribution >= 0.6 is 0 Å². The minimum Gasteiger partial charge on any atom is -0.480 e. The van der Waals surface area contributed by atoms with Crippen molar-refractivity contribution in [2.45, 2.75) is 12.6 Å². The maximum atomic E-state index is 11.2. The Bertz CT molecular complexity index is 615. The summed E-state index contributed by atoms with van der Waals surface area (Å²) in [5, 5.41) is 16.2. The minimum atomic E-state index is -0.855. The van der Waals surface area contributed by atoms with E-state index in [1.807, 2.05) is 17.0 Å². The first-order chi connectivity index (χ1) is 10.2. The predicted octanol–water partition coefficient (Wildman–Crippen LogP) is -0.0100. The zero-order chi connectivity index (χ0) is 14.7. The molecule has 3 rings (SSSR count). The van der Waals surface area contributed by atoms with Gasteiger partial charge in [0, 0.05) is 25.8 Å². The van der Waals surface area contributed by atoms with Crippen molar-refractivity contribution in [3.63, 3.8) is 0 Å². The Balaban J connectivity index is 1.73. The average molecular weight is 289 g/mol. The van der Waals surface area contributed by atoms with Crippen LogP contribution in [0, 0.1) is 0 Å². The Morgan fingerprint density at radius 2 is 2.43 bits per heavy atom. The molecule has 8 nitrogen and oxygen atoms in total. The lowest BCUT2D eigenvalue weighted by atomic mass is 10.2. The highest BCUT2D eigenvalue weighted by Crippen LogP contribution is 2.14. The van der Waals surface area contributed by atoms with E-state index >= 15 is 0 Å². The molecule has 21 heavy (non-hydrogen) atoms. The Morgan fingerprint density at radius 1 is 1.52 bits per heavy atom. The number of piperazine rings is 1. The maximum Gasteiger partial charge on any atom is 0.322 e. The average Bonchev–Trinajstić information content (AvgIpc) is 2.97. The topological polar surface area (TPSA) is 104 Å². The van der Waals surface area contributed by atoms with Crippen LogP contribution in [0.1, 0.15) is 5.89 Å². The molecule has 0 bridgehead atoms. The molecule has 0 radical (unpaired) electrons. The van der Waals surface area contributed by atoms with Crippen molar-refractivity contribution in [1.29, 1.82) is 0 Å². The quantitative estimate of drug-likeness (QED) is 0.810. The van der Waals surface area contributed by atoms with Crippen LogP contribution in [-0.2, 0) is 11.3 Å². The highest BCUT2D eigenvalue weighted by Gasteiger charge is 2.29. The number of aromatic nitrogens is 3. The second kappa shape index (κ2) is 5.98. The number of hydrogen-bond acceptors (Lipinski definition) is 7. The van der Waals surface area contributed by atoms with Crippen molar-refractivity contribution in [2.24, 2.45) is 0 Å². The van der Waals surface area contributed by atoms with E-state index < -0.39 is 12.0 Å². The van der Waals surface area contributed by atoms with E-state index in [9.17, 15) is 9.90 Å². The van der Waals surface area contributed by atoms with E-state index in [0.29, 0.717) is 37.0 Å². The van der Waals surface area contributed by atoms with Gasteiger partial charge in [-0.05, 0) is 12.1 Å². The van der Waals surface area contributed by atoms with Gasteiger partial charge in [-0.2, -0.15) is 4.98 Å². The Hall–Kier alpha value is -2.32. The molecule has 0 spiro atoms. The standard InChI is InChI=1S/C13H15N5O3/c19-13(20)10-7-14-5-6-18(10)8-11-16-12(17-21-11)9-3-1-2-4-15-9/h1-4,10,14H,5-8H2,(H,19,20). The number of nitrogens with one attached hydrogen (secondary N) is 1. The molecule has 1 atom stereocenters. The second-order valence-electron chi connectivity index (χ2n) is 4.76. The van der Waals surface area contributed by atoms with Gasteiger partial charge in [-0.25, -0.2) is 0 Å². The molecule has 2 aromatic heterocycles. The highest BCUT2D eigenvalue weighted by molar-refractivity contribution is 5.73. The maximum absolute atomic E-state index is 11.2. The minimum absolute atomic E-state index is 0.318. The lowest BCUT2D eigenvalue weighted by molar-refractivity contribution is -0.144. The van der Waals surface area contributed by atoms with E-state index in [2.05, 4.69) is 20.4 Å². The summed E-state index contributed by atoms with van der Waals surface area (Å²) < 4.78 is 5.19. The monoisotopic (exact) mass is 289 g/mol. The molecular formula is C13H15N5O3. The number of hydrogen-bond donors (Lipinski definition) is 2. The van der Waals surface area contributed by atoms with Gasteiger partial charge in [0.2, 0.25) is 11.7 Å². The molecule has 3 heterocycles. The zero-order valence-electron chi connectivity index (χ0n) is 11.3. The Morgan fingerprint density at radius 3 is 3.19 bits per heavy atom. The molecule has 0 saturated carbocycles. The largest absolute Gasteiger partial charge is 0.480 e. The highest BCUT2D eigenvalue weighted by atomic mass is 16.5. The molecule has 110 valence electrons. The van der Waals surface area contributed by atoms with Gasteiger partial charge in [-0.3, -0.25) is 14.7 Å².